The van der Waals surface area contributed by atoms with E-state index in [2.05, 4.69) is 41.4 Å². The van der Waals surface area contributed by atoms with Gasteiger partial charge >= 0.3 is 0 Å². The smallest absolute Gasteiger partial charge is 0.240 e. The number of carbonyl (C=O) groups excluding carboxylic acids is 1. The third kappa shape index (κ3) is 5.03. The number of nitrogens with one attached hydrogen (secondary N) is 1. The molecule has 0 aromatic heterocycles. The molecule has 5 heteroatoms. The highest BCUT2D eigenvalue weighted by atomic mass is 16.5. The average Bonchev–Trinajstić information content (AvgIpc) is 2.61. The number of likely N-dealkylation sites (tertiary alicyclic amines) is 1. The minimum absolute atomic E-state index is 0.0674. The molecule has 25 heavy (non-hydrogen) atoms. The molecule has 1 atom stereocenters. The van der Waals surface area contributed by atoms with Crippen LogP contribution in [0.4, 0.5) is 0 Å². The van der Waals surface area contributed by atoms with Gasteiger partial charge in [0.15, 0.2) is 0 Å². The Bertz CT molecular complexity index is 567. The van der Waals surface area contributed by atoms with Gasteiger partial charge in [-0.3, -0.25) is 9.69 Å². The van der Waals surface area contributed by atoms with Gasteiger partial charge < -0.3 is 15.8 Å². The van der Waals surface area contributed by atoms with Crippen molar-refractivity contribution in [1.29, 1.82) is 0 Å². The zero-order chi connectivity index (χ0) is 17.7. The van der Waals surface area contributed by atoms with E-state index in [1.54, 1.807) is 0 Å². The first-order valence-corrected chi connectivity index (χ1v) is 9.50. The first-order chi connectivity index (χ1) is 12.0. The lowest BCUT2D eigenvalue weighted by atomic mass is 9.90. The molecular formula is C20H31N3O2. The Morgan fingerprint density at radius 3 is 2.64 bits per heavy atom. The summed E-state index contributed by atoms with van der Waals surface area (Å²) in [5, 5.41) is 2.99. The van der Waals surface area contributed by atoms with Crippen molar-refractivity contribution < 1.29 is 9.53 Å². The Morgan fingerprint density at radius 2 is 1.96 bits per heavy atom. The van der Waals surface area contributed by atoms with E-state index in [0.717, 1.165) is 18.0 Å². The third-order valence-electron chi connectivity index (χ3n) is 5.46. The van der Waals surface area contributed by atoms with Crippen molar-refractivity contribution in [2.75, 3.05) is 26.3 Å². The number of hydrogen-bond donors (Lipinski definition) is 2. The van der Waals surface area contributed by atoms with E-state index in [1.165, 1.54) is 31.5 Å². The van der Waals surface area contributed by atoms with Gasteiger partial charge in [-0.1, -0.05) is 31.2 Å². The third-order valence-corrected chi connectivity index (χ3v) is 5.46. The standard InChI is InChI=1S/C20H31N3O2/c1-16-3-2-10-23(14-16)15-18-6-4-17(5-7-18)13-22-19(24)20(21)8-11-25-12-9-20/h4-7,16H,2-3,8-15,21H2,1H3,(H,22,24). The second-order valence-corrected chi connectivity index (χ2v) is 7.75. The summed E-state index contributed by atoms with van der Waals surface area (Å²) in [6.45, 7) is 7.40. The number of amides is 1. The number of benzene rings is 1. The average molecular weight is 345 g/mol. The van der Waals surface area contributed by atoms with Crippen LogP contribution >= 0.6 is 0 Å². The van der Waals surface area contributed by atoms with Crippen molar-refractivity contribution in [1.82, 2.24) is 10.2 Å². The molecule has 1 aromatic rings. The summed E-state index contributed by atoms with van der Waals surface area (Å²) in [6.07, 6.45) is 3.83. The molecular weight excluding hydrogens is 314 g/mol. The lowest BCUT2D eigenvalue weighted by molar-refractivity contribution is -0.129. The molecule has 0 aliphatic carbocycles. The molecule has 0 spiro atoms. The van der Waals surface area contributed by atoms with Crippen LogP contribution in [0.5, 0.6) is 0 Å². The Kier molecular flexibility index (Phi) is 6.10. The largest absolute Gasteiger partial charge is 0.381 e. The molecule has 138 valence electrons. The summed E-state index contributed by atoms with van der Waals surface area (Å²) in [4.78, 5) is 14.9. The van der Waals surface area contributed by atoms with E-state index < -0.39 is 5.54 Å². The van der Waals surface area contributed by atoms with Crippen LogP contribution in [0.25, 0.3) is 0 Å². The second kappa shape index (κ2) is 8.30. The van der Waals surface area contributed by atoms with E-state index in [-0.39, 0.29) is 5.91 Å². The predicted octanol–water partition coefficient (Wildman–Crippen LogP) is 2.04. The second-order valence-electron chi connectivity index (χ2n) is 7.75. The molecule has 3 rings (SSSR count). The van der Waals surface area contributed by atoms with Gasteiger partial charge in [-0.25, -0.2) is 0 Å². The Labute approximate surface area is 150 Å². The molecule has 3 N–H and O–H groups in total. The van der Waals surface area contributed by atoms with E-state index >= 15 is 0 Å². The fourth-order valence-electron chi connectivity index (χ4n) is 3.77. The topological polar surface area (TPSA) is 67.6 Å². The Hall–Kier alpha value is -1.43. The van der Waals surface area contributed by atoms with Crippen molar-refractivity contribution >= 4 is 5.91 Å². The summed E-state index contributed by atoms with van der Waals surface area (Å²) in [7, 11) is 0. The SMILES string of the molecule is CC1CCCN(Cc2ccc(CNC(=O)C3(N)CCOCC3)cc2)C1. The van der Waals surface area contributed by atoms with Crippen LogP contribution in [0.1, 0.15) is 43.7 Å². The molecule has 1 aromatic carbocycles. The van der Waals surface area contributed by atoms with Gasteiger partial charge in [0.25, 0.3) is 0 Å². The minimum Gasteiger partial charge on any atom is -0.381 e. The van der Waals surface area contributed by atoms with Gasteiger partial charge in [0.05, 0.1) is 5.54 Å². The van der Waals surface area contributed by atoms with Gasteiger partial charge in [0.1, 0.15) is 0 Å². The number of nitrogens with two attached hydrogens (primary N) is 1. The van der Waals surface area contributed by atoms with Crippen LogP contribution in [0.3, 0.4) is 0 Å². The highest BCUT2D eigenvalue weighted by Crippen LogP contribution is 2.19. The number of hydrogen-bond acceptors (Lipinski definition) is 4. The van der Waals surface area contributed by atoms with Crippen LogP contribution in [0.2, 0.25) is 0 Å². The molecule has 1 unspecified atom stereocenters. The van der Waals surface area contributed by atoms with Crippen molar-refractivity contribution in [2.45, 2.75) is 51.2 Å². The molecule has 2 aliphatic rings. The molecule has 1 amide bonds. The van der Waals surface area contributed by atoms with E-state index in [4.69, 9.17) is 10.5 Å². The maximum atomic E-state index is 12.4. The van der Waals surface area contributed by atoms with Crippen molar-refractivity contribution in [3.05, 3.63) is 35.4 Å². The van der Waals surface area contributed by atoms with Crippen LogP contribution < -0.4 is 11.1 Å². The summed E-state index contributed by atoms with van der Waals surface area (Å²) >= 11 is 0. The van der Waals surface area contributed by atoms with Crippen molar-refractivity contribution in [2.24, 2.45) is 11.7 Å². The molecule has 2 heterocycles. The zero-order valence-electron chi connectivity index (χ0n) is 15.3. The lowest BCUT2D eigenvalue weighted by Gasteiger charge is -2.31. The van der Waals surface area contributed by atoms with Crippen molar-refractivity contribution in [3.8, 4) is 0 Å². The predicted molar refractivity (Wildman–Crippen MR) is 98.9 cm³/mol. The van der Waals surface area contributed by atoms with Gasteiger partial charge in [-0.2, -0.15) is 0 Å². The van der Waals surface area contributed by atoms with Gasteiger partial charge in [0.2, 0.25) is 5.91 Å². The fraction of sp³-hybridized carbons (Fsp3) is 0.650. The van der Waals surface area contributed by atoms with E-state index in [0.29, 0.717) is 32.6 Å². The maximum absolute atomic E-state index is 12.4. The van der Waals surface area contributed by atoms with Crippen LogP contribution in [0.15, 0.2) is 24.3 Å². The van der Waals surface area contributed by atoms with Crippen LogP contribution in [-0.4, -0.2) is 42.6 Å². The van der Waals surface area contributed by atoms with E-state index in [1.807, 2.05) is 0 Å². The fourth-order valence-corrected chi connectivity index (χ4v) is 3.77. The Morgan fingerprint density at radius 1 is 1.28 bits per heavy atom. The number of piperidine rings is 1. The van der Waals surface area contributed by atoms with Crippen molar-refractivity contribution in [3.63, 3.8) is 0 Å². The summed E-state index contributed by atoms with van der Waals surface area (Å²) in [6, 6.07) is 8.56. The quantitative estimate of drug-likeness (QED) is 0.857. The number of ether oxygens (including phenoxy) is 1. The maximum Gasteiger partial charge on any atom is 0.240 e. The number of carbonyl (C=O) groups is 1. The first kappa shape index (κ1) is 18.4. The Balaban J connectivity index is 1.48. The molecule has 2 aliphatic heterocycles. The van der Waals surface area contributed by atoms with Gasteiger partial charge in [-0.05, 0) is 49.3 Å². The normalized spacial score (nSPS) is 24.0. The van der Waals surface area contributed by atoms with E-state index in [9.17, 15) is 4.79 Å². The lowest BCUT2D eigenvalue weighted by Crippen LogP contribution is -2.56. The molecule has 0 radical (unpaired) electrons. The summed E-state index contributed by atoms with van der Waals surface area (Å²) in [5.41, 5.74) is 7.88. The molecule has 2 fully saturated rings. The highest BCUT2D eigenvalue weighted by Gasteiger charge is 2.35. The molecule has 0 saturated carbocycles. The zero-order valence-corrected chi connectivity index (χ0v) is 15.3. The van der Waals surface area contributed by atoms with Crippen LogP contribution in [-0.2, 0) is 22.6 Å². The molecule has 0 bridgehead atoms. The minimum atomic E-state index is -0.775. The number of nitrogens with zero attached hydrogens (tertiary/aromatic N) is 1. The van der Waals surface area contributed by atoms with Gasteiger partial charge in [0, 0.05) is 32.8 Å². The molecule has 5 nitrogen and oxygen atoms in total. The number of rotatable bonds is 5. The highest BCUT2D eigenvalue weighted by molar-refractivity contribution is 5.86. The van der Waals surface area contributed by atoms with Crippen LogP contribution in [0, 0.1) is 5.92 Å². The monoisotopic (exact) mass is 345 g/mol. The molecule has 2 saturated heterocycles. The summed E-state index contributed by atoms with van der Waals surface area (Å²) < 4.78 is 5.30. The summed E-state index contributed by atoms with van der Waals surface area (Å²) in [5.74, 6) is 0.735. The first-order valence-electron chi connectivity index (χ1n) is 9.50. The van der Waals surface area contributed by atoms with Gasteiger partial charge in [-0.15, -0.1) is 0 Å².